The lowest BCUT2D eigenvalue weighted by atomic mass is 9.82. The number of nitrogens with zero attached hydrogens (tertiary/aromatic N) is 2. The van der Waals surface area contributed by atoms with Crippen LogP contribution in [0.1, 0.15) is 165 Å². The minimum Gasteiger partial charge on any atom is -0.340 e. The molecule has 0 unspecified atom stereocenters. The fraction of sp³-hybridized carbons (Fsp3) is 0.300. The van der Waals surface area contributed by atoms with Crippen LogP contribution in [0.25, 0.3) is 78.5 Å². The maximum absolute atomic E-state index is 2.59. The van der Waals surface area contributed by atoms with E-state index in [1.54, 1.807) is 0 Å². The van der Waals surface area contributed by atoms with Crippen molar-refractivity contribution >= 4 is 114 Å². The zero-order chi connectivity index (χ0) is 56.9. The molecular weight excluding hydrogens is 1050 g/mol. The Hall–Kier alpha value is -6.98. The Labute approximate surface area is 510 Å². The minimum absolute atomic E-state index is 1.05. The molecule has 84 heavy (non-hydrogen) atoms. The first-order valence-electron chi connectivity index (χ1n) is 32.3. The molecule has 2 aliphatic heterocycles. The molecule has 4 heteroatoms. The molecule has 12 rings (SSSR count). The van der Waals surface area contributed by atoms with E-state index in [0.717, 1.165) is 13.1 Å². The third-order valence-electron chi connectivity index (χ3n) is 17.9. The van der Waals surface area contributed by atoms with Gasteiger partial charge in [0.05, 0.1) is 22.7 Å². The molecule has 0 aliphatic carbocycles. The molecule has 0 fully saturated rings. The molecule has 0 aromatic heterocycles. The van der Waals surface area contributed by atoms with Crippen LogP contribution in [-0.4, -0.2) is 13.1 Å². The molecule has 0 bridgehead atoms. The highest BCUT2D eigenvalue weighted by Crippen LogP contribution is 2.51. The topological polar surface area (TPSA) is 6.48 Å². The van der Waals surface area contributed by atoms with Gasteiger partial charge >= 0.3 is 0 Å². The molecular formula is C80H84N2S2. The zero-order valence-electron chi connectivity index (χ0n) is 49.9. The van der Waals surface area contributed by atoms with Crippen molar-refractivity contribution < 1.29 is 0 Å². The highest BCUT2D eigenvalue weighted by molar-refractivity contribution is 8.00. The number of unbranched alkanes of at least 4 members (excludes halogenated alkanes) is 18. The van der Waals surface area contributed by atoms with Gasteiger partial charge in [-0.05, 0) is 138 Å². The fourth-order valence-electron chi connectivity index (χ4n) is 13.5. The second kappa shape index (κ2) is 28.3. The first-order valence-corrected chi connectivity index (χ1v) is 33.9. The van der Waals surface area contributed by atoms with E-state index in [2.05, 4.69) is 230 Å². The zero-order valence-corrected chi connectivity index (χ0v) is 51.5. The monoisotopic (exact) mass is 1140 g/mol. The van der Waals surface area contributed by atoms with Crippen molar-refractivity contribution in [3.05, 3.63) is 204 Å². The fourth-order valence-corrected chi connectivity index (χ4v) is 15.8. The molecule has 0 amide bonds. The van der Waals surface area contributed by atoms with Crippen LogP contribution >= 0.6 is 23.5 Å². The van der Waals surface area contributed by atoms with Crippen molar-refractivity contribution in [1.29, 1.82) is 0 Å². The maximum Gasteiger partial charge on any atom is 0.0553 e. The quantitative estimate of drug-likeness (QED) is 0.0287. The molecule has 2 nitrogen and oxygen atoms in total. The Morgan fingerprint density at radius 3 is 0.905 bits per heavy atom. The van der Waals surface area contributed by atoms with Gasteiger partial charge in [-0.25, -0.2) is 0 Å². The van der Waals surface area contributed by atoms with Crippen LogP contribution in [0.2, 0.25) is 0 Å². The average molecular weight is 1140 g/mol. The number of anilines is 4. The lowest BCUT2D eigenvalue weighted by Crippen LogP contribution is -2.22. The molecule has 2 heterocycles. The summed E-state index contributed by atoms with van der Waals surface area (Å²) >= 11 is 3.83. The minimum atomic E-state index is 1.05. The largest absolute Gasteiger partial charge is 0.340 e. The van der Waals surface area contributed by atoms with E-state index < -0.39 is 0 Å². The van der Waals surface area contributed by atoms with Crippen molar-refractivity contribution in [2.45, 2.75) is 162 Å². The predicted molar refractivity (Wildman–Crippen MR) is 371 cm³/mol. The molecule has 0 spiro atoms. The predicted octanol–water partition coefficient (Wildman–Crippen LogP) is 25.4. The van der Waals surface area contributed by atoms with Gasteiger partial charge in [0.25, 0.3) is 0 Å². The Morgan fingerprint density at radius 2 is 0.560 bits per heavy atom. The lowest BCUT2D eigenvalue weighted by molar-refractivity contribution is 0.557. The van der Waals surface area contributed by atoms with Crippen LogP contribution in [0.15, 0.2) is 202 Å². The Morgan fingerprint density at radius 1 is 0.274 bits per heavy atom. The normalized spacial score (nSPS) is 13.0. The Bertz CT molecular complexity index is 3570. The van der Waals surface area contributed by atoms with E-state index in [9.17, 15) is 0 Å². The number of benzene rings is 10. The summed E-state index contributed by atoms with van der Waals surface area (Å²) in [5.41, 5.74) is 12.9. The molecule has 10 aromatic carbocycles. The summed E-state index contributed by atoms with van der Waals surface area (Å²) < 4.78 is 0. The lowest BCUT2D eigenvalue weighted by Gasteiger charge is -2.33. The third-order valence-corrected chi connectivity index (χ3v) is 20.1. The van der Waals surface area contributed by atoms with Gasteiger partial charge in [0, 0.05) is 32.7 Å². The van der Waals surface area contributed by atoms with Gasteiger partial charge in [0.15, 0.2) is 0 Å². The van der Waals surface area contributed by atoms with Crippen molar-refractivity contribution in [2.24, 2.45) is 0 Å². The third kappa shape index (κ3) is 12.8. The van der Waals surface area contributed by atoms with Crippen molar-refractivity contribution in [2.75, 3.05) is 22.9 Å². The van der Waals surface area contributed by atoms with Gasteiger partial charge in [-0.3, -0.25) is 0 Å². The summed E-state index contributed by atoms with van der Waals surface area (Å²) in [4.78, 5) is 10.5. The van der Waals surface area contributed by atoms with E-state index in [-0.39, 0.29) is 0 Å². The van der Waals surface area contributed by atoms with E-state index >= 15 is 0 Å². The summed E-state index contributed by atoms with van der Waals surface area (Å²) in [6.45, 7) is 6.71. The second-order valence-electron chi connectivity index (χ2n) is 23.7. The maximum atomic E-state index is 2.59. The first-order chi connectivity index (χ1) is 41.7. The number of hydrogen-bond acceptors (Lipinski definition) is 4. The van der Waals surface area contributed by atoms with Gasteiger partial charge in [-0.1, -0.05) is 311 Å². The van der Waals surface area contributed by atoms with Crippen LogP contribution < -0.4 is 9.80 Å². The van der Waals surface area contributed by atoms with Crippen LogP contribution in [0.3, 0.4) is 0 Å². The summed E-state index contributed by atoms with van der Waals surface area (Å²) in [5.74, 6) is 0. The van der Waals surface area contributed by atoms with Crippen LogP contribution in [0.5, 0.6) is 0 Å². The highest BCUT2D eigenvalue weighted by atomic mass is 32.2. The highest BCUT2D eigenvalue weighted by Gasteiger charge is 2.26. The van der Waals surface area contributed by atoms with E-state index in [0.29, 0.717) is 0 Å². The van der Waals surface area contributed by atoms with Crippen LogP contribution in [0.4, 0.5) is 22.7 Å². The SMILES string of the molecule is CCCCCCCCCCCCN1c2ccccc2Sc2cc(/C=C/c3c4ccccc4c(-c4c5ccccc5c(/C=C/c5ccc6c(c5)Sc5ccccc5N6CCCCCCCCCCCC)c5ccccc45)c4ccccc34)ccc21. The molecule has 0 saturated heterocycles. The molecule has 2 aliphatic rings. The van der Waals surface area contributed by atoms with E-state index in [1.807, 2.05) is 23.5 Å². The molecule has 0 atom stereocenters. The molecule has 0 N–H and O–H groups in total. The summed E-state index contributed by atoms with van der Waals surface area (Å²) in [6.07, 6.45) is 36.5. The number of rotatable bonds is 27. The Kier molecular flexibility index (Phi) is 19.3. The van der Waals surface area contributed by atoms with Gasteiger partial charge in [0.1, 0.15) is 0 Å². The molecule has 426 valence electrons. The Balaban J connectivity index is 0.830. The first kappa shape index (κ1) is 57.5. The summed E-state index contributed by atoms with van der Waals surface area (Å²) in [5, 5.41) is 10.1. The van der Waals surface area contributed by atoms with Crippen molar-refractivity contribution in [3.8, 4) is 11.1 Å². The summed E-state index contributed by atoms with van der Waals surface area (Å²) in [7, 11) is 0. The standard InChI is InChI=1S/C80H84N2S2/c1-3-5-7-9-11-13-15-17-19-33-55-81-71-43-29-31-45-75(71)83-77-57-59(49-53-73(77)81)47-51-65-61-35-21-25-39-67(61)79(68-40-26-22-36-62(65)68)80-69-41-27-23-37-63(69)66(64-38-24-28-42-70(64)80)52-48-60-50-54-74-78(58-60)84-76-46-32-30-44-72(76)82(74)56-34-20-18-16-14-12-10-8-6-4-2/h21-32,35-54,57-58H,3-20,33-34,55-56H2,1-2H3/b51-47+,52-48+. The van der Waals surface area contributed by atoms with Crippen LogP contribution in [-0.2, 0) is 0 Å². The van der Waals surface area contributed by atoms with Gasteiger partial charge in [0.2, 0.25) is 0 Å². The van der Waals surface area contributed by atoms with Crippen molar-refractivity contribution in [3.63, 3.8) is 0 Å². The number of hydrogen-bond donors (Lipinski definition) is 0. The summed E-state index contributed by atoms with van der Waals surface area (Å²) in [6, 6.07) is 68.8. The molecule has 10 aromatic rings. The van der Waals surface area contributed by atoms with Gasteiger partial charge in [-0.15, -0.1) is 0 Å². The number of fused-ring (bicyclic) bond motifs is 8. The average Bonchev–Trinajstić information content (AvgIpc) is 1.13. The molecule has 0 radical (unpaired) electrons. The molecule has 0 saturated carbocycles. The smallest absolute Gasteiger partial charge is 0.0553 e. The second-order valence-corrected chi connectivity index (χ2v) is 25.9. The van der Waals surface area contributed by atoms with Crippen molar-refractivity contribution in [1.82, 2.24) is 0 Å². The van der Waals surface area contributed by atoms with E-state index in [1.165, 1.54) is 247 Å². The van der Waals surface area contributed by atoms with Gasteiger partial charge in [-0.2, -0.15) is 0 Å². The van der Waals surface area contributed by atoms with E-state index in [4.69, 9.17) is 0 Å². The van der Waals surface area contributed by atoms with Crippen LogP contribution in [0, 0.1) is 0 Å². The van der Waals surface area contributed by atoms with Gasteiger partial charge < -0.3 is 9.80 Å². The number of para-hydroxylation sites is 2.